The highest BCUT2D eigenvalue weighted by molar-refractivity contribution is 5.40. The van der Waals surface area contributed by atoms with E-state index >= 15 is 0 Å². The molecule has 0 aliphatic heterocycles. The van der Waals surface area contributed by atoms with Crippen LogP contribution in [0.5, 0.6) is 0 Å². The van der Waals surface area contributed by atoms with Gasteiger partial charge in [0.15, 0.2) is 0 Å². The zero-order chi connectivity index (χ0) is 9.14. The maximum Gasteiger partial charge on any atom is 0.128 e. The molecule has 12 heavy (non-hydrogen) atoms. The van der Waals surface area contributed by atoms with Crippen molar-refractivity contribution in [3.8, 4) is 0 Å². The van der Waals surface area contributed by atoms with Crippen molar-refractivity contribution in [2.45, 2.75) is 26.8 Å². The molecule has 0 radical (unpaired) electrons. The molecule has 1 aromatic heterocycles. The zero-order valence-electron chi connectivity index (χ0n) is 8.20. The minimum atomic E-state index is 0.499. The van der Waals surface area contributed by atoms with E-state index in [0.717, 1.165) is 5.82 Å². The second-order valence-electron chi connectivity index (χ2n) is 3.40. The summed E-state index contributed by atoms with van der Waals surface area (Å²) in [4.78, 5) is 6.45. The highest BCUT2D eigenvalue weighted by Gasteiger charge is 2.04. The molecule has 0 saturated carbocycles. The van der Waals surface area contributed by atoms with Gasteiger partial charge in [-0.25, -0.2) is 4.98 Å². The first-order valence-corrected chi connectivity index (χ1v) is 4.26. The van der Waals surface area contributed by atoms with Crippen LogP contribution in [0.3, 0.4) is 0 Å². The lowest BCUT2D eigenvalue weighted by Crippen LogP contribution is -2.26. The number of aryl methyl sites for hydroxylation is 1. The Morgan fingerprint density at radius 3 is 2.58 bits per heavy atom. The maximum absolute atomic E-state index is 4.29. The molecule has 0 aliphatic carbocycles. The van der Waals surface area contributed by atoms with E-state index in [2.05, 4.69) is 43.8 Å². The van der Waals surface area contributed by atoms with Gasteiger partial charge in [0.05, 0.1) is 0 Å². The van der Waals surface area contributed by atoms with Crippen LogP contribution in [0.25, 0.3) is 0 Å². The van der Waals surface area contributed by atoms with Crippen LogP contribution in [-0.2, 0) is 0 Å². The number of anilines is 1. The Morgan fingerprint density at radius 1 is 1.42 bits per heavy atom. The van der Waals surface area contributed by atoms with Crippen LogP contribution in [0.15, 0.2) is 18.3 Å². The van der Waals surface area contributed by atoms with Crippen molar-refractivity contribution in [3.05, 3.63) is 23.9 Å². The Balaban J connectivity index is 2.88. The number of hydrogen-bond donors (Lipinski definition) is 0. The van der Waals surface area contributed by atoms with Crippen LogP contribution >= 0.6 is 0 Å². The van der Waals surface area contributed by atoms with Crippen LogP contribution in [0.1, 0.15) is 19.4 Å². The molecule has 1 heterocycles. The summed E-state index contributed by atoms with van der Waals surface area (Å²) in [5.74, 6) is 1.05. The lowest BCUT2D eigenvalue weighted by atomic mass is 10.2. The van der Waals surface area contributed by atoms with Crippen LogP contribution in [0.2, 0.25) is 0 Å². The third-order valence-electron chi connectivity index (χ3n) is 2.04. The van der Waals surface area contributed by atoms with E-state index in [0.29, 0.717) is 6.04 Å². The van der Waals surface area contributed by atoms with E-state index < -0.39 is 0 Å². The van der Waals surface area contributed by atoms with Gasteiger partial charge in [0.25, 0.3) is 0 Å². The molecule has 0 aliphatic rings. The number of hydrogen-bond acceptors (Lipinski definition) is 2. The molecule has 2 nitrogen and oxygen atoms in total. The van der Waals surface area contributed by atoms with Crippen molar-refractivity contribution >= 4 is 5.82 Å². The molecule has 0 N–H and O–H groups in total. The summed E-state index contributed by atoms with van der Waals surface area (Å²) in [7, 11) is 2.06. The summed E-state index contributed by atoms with van der Waals surface area (Å²) in [6.45, 7) is 6.40. The molecule has 0 fully saturated rings. The van der Waals surface area contributed by atoms with Gasteiger partial charge >= 0.3 is 0 Å². The SMILES string of the molecule is Cc1ccnc(N(C)C(C)C)c1. The lowest BCUT2D eigenvalue weighted by molar-refractivity contribution is 0.743. The molecule has 0 unspecified atom stereocenters. The number of aromatic nitrogens is 1. The molecule has 0 spiro atoms. The second kappa shape index (κ2) is 3.57. The average molecular weight is 164 g/mol. The fourth-order valence-electron chi connectivity index (χ4n) is 0.978. The monoisotopic (exact) mass is 164 g/mol. The molecular weight excluding hydrogens is 148 g/mol. The number of rotatable bonds is 2. The topological polar surface area (TPSA) is 16.1 Å². The van der Waals surface area contributed by atoms with Gasteiger partial charge in [0.1, 0.15) is 5.82 Å². The van der Waals surface area contributed by atoms with Crippen molar-refractivity contribution in [2.24, 2.45) is 0 Å². The number of nitrogens with zero attached hydrogens (tertiary/aromatic N) is 2. The van der Waals surface area contributed by atoms with Crippen molar-refractivity contribution < 1.29 is 0 Å². The van der Waals surface area contributed by atoms with Gasteiger partial charge in [-0.2, -0.15) is 0 Å². The van der Waals surface area contributed by atoms with Gasteiger partial charge in [0.2, 0.25) is 0 Å². The summed E-state index contributed by atoms with van der Waals surface area (Å²) >= 11 is 0. The normalized spacial score (nSPS) is 10.4. The predicted octanol–water partition coefficient (Wildman–Crippen LogP) is 2.23. The summed E-state index contributed by atoms with van der Waals surface area (Å²) in [6, 6.07) is 4.61. The van der Waals surface area contributed by atoms with E-state index in [-0.39, 0.29) is 0 Å². The van der Waals surface area contributed by atoms with E-state index in [1.165, 1.54) is 5.56 Å². The molecule has 0 bridgehead atoms. The average Bonchev–Trinajstić information content (AvgIpc) is 2.03. The van der Waals surface area contributed by atoms with Crippen LogP contribution in [0.4, 0.5) is 5.82 Å². The smallest absolute Gasteiger partial charge is 0.128 e. The van der Waals surface area contributed by atoms with Crippen LogP contribution in [0, 0.1) is 6.92 Å². The zero-order valence-corrected chi connectivity index (χ0v) is 8.20. The maximum atomic E-state index is 4.29. The lowest BCUT2D eigenvalue weighted by Gasteiger charge is -2.22. The fraction of sp³-hybridized carbons (Fsp3) is 0.500. The van der Waals surface area contributed by atoms with Gasteiger partial charge in [-0.05, 0) is 38.5 Å². The molecule has 0 amide bonds. The van der Waals surface area contributed by atoms with E-state index in [4.69, 9.17) is 0 Å². The summed E-state index contributed by atoms with van der Waals surface area (Å²) in [5.41, 5.74) is 1.26. The van der Waals surface area contributed by atoms with Crippen molar-refractivity contribution in [2.75, 3.05) is 11.9 Å². The quantitative estimate of drug-likeness (QED) is 0.666. The Labute approximate surface area is 74.2 Å². The van der Waals surface area contributed by atoms with Gasteiger partial charge in [-0.1, -0.05) is 0 Å². The van der Waals surface area contributed by atoms with Crippen LogP contribution < -0.4 is 4.90 Å². The molecule has 0 saturated heterocycles. The molecule has 0 aromatic carbocycles. The molecule has 1 rings (SSSR count). The standard InChI is InChI=1S/C10H16N2/c1-8(2)12(4)10-7-9(3)5-6-11-10/h5-8H,1-4H3. The van der Waals surface area contributed by atoms with E-state index in [9.17, 15) is 0 Å². The molecule has 2 heteroatoms. The largest absolute Gasteiger partial charge is 0.357 e. The first kappa shape index (κ1) is 9.04. The van der Waals surface area contributed by atoms with Crippen LogP contribution in [-0.4, -0.2) is 18.1 Å². The molecule has 1 aromatic rings. The second-order valence-corrected chi connectivity index (χ2v) is 3.40. The number of pyridine rings is 1. The van der Waals surface area contributed by atoms with Gasteiger partial charge in [0, 0.05) is 19.3 Å². The predicted molar refractivity (Wildman–Crippen MR) is 52.5 cm³/mol. The van der Waals surface area contributed by atoms with Crippen molar-refractivity contribution in [3.63, 3.8) is 0 Å². The summed E-state index contributed by atoms with van der Waals surface area (Å²) in [6.07, 6.45) is 1.85. The highest BCUT2D eigenvalue weighted by atomic mass is 15.2. The van der Waals surface area contributed by atoms with Gasteiger partial charge in [-0.15, -0.1) is 0 Å². The summed E-state index contributed by atoms with van der Waals surface area (Å²) < 4.78 is 0. The third kappa shape index (κ3) is 1.97. The fourth-order valence-corrected chi connectivity index (χ4v) is 0.978. The highest BCUT2D eigenvalue weighted by Crippen LogP contribution is 2.12. The van der Waals surface area contributed by atoms with E-state index in [1.54, 1.807) is 0 Å². The Morgan fingerprint density at radius 2 is 2.08 bits per heavy atom. The van der Waals surface area contributed by atoms with Gasteiger partial charge < -0.3 is 4.90 Å². The Bertz CT molecular complexity index is 256. The first-order chi connectivity index (χ1) is 5.61. The first-order valence-electron chi connectivity index (χ1n) is 4.26. The minimum Gasteiger partial charge on any atom is -0.357 e. The third-order valence-corrected chi connectivity index (χ3v) is 2.04. The molecule has 66 valence electrons. The van der Waals surface area contributed by atoms with E-state index in [1.807, 2.05) is 12.3 Å². The van der Waals surface area contributed by atoms with Crippen molar-refractivity contribution in [1.29, 1.82) is 0 Å². The molecular formula is C10H16N2. The minimum absolute atomic E-state index is 0.499. The summed E-state index contributed by atoms with van der Waals surface area (Å²) in [5, 5.41) is 0. The van der Waals surface area contributed by atoms with Crippen molar-refractivity contribution in [1.82, 2.24) is 4.98 Å². The molecule has 0 atom stereocenters. The Kier molecular flexibility index (Phi) is 2.69. The van der Waals surface area contributed by atoms with Gasteiger partial charge in [-0.3, -0.25) is 0 Å². The Hall–Kier alpha value is -1.05.